The number of rotatable bonds is 4. The lowest BCUT2D eigenvalue weighted by atomic mass is 9.60. The third-order valence-corrected chi connectivity index (χ3v) is 6.97. The van der Waals surface area contributed by atoms with E-state index >= 15 is 0 Å². The SMILES string of the molecule is CC(=O)OC1=C2C(=O)c3c(OC(C)=O)ccc(N(C)C)c3C[C@H]2C[C@H]2CC(=O)C(C(C)=O)=C(O)[C@@]12O. The lowest BCUT2D eigenvalue weighted by molar-refractivity contribution is -0.145. The van der Waals surface area contributed by atoms with Gasteiger partial charge in [0.2, 0.25) is 0 Å². The summed E-state index contributed by atoms with van der Waals surface area (Å²) in [6, 6.07) is 3.22. The van der Waals surface area contributed by atoms with Crippen LogP contribution in [0.25, 0.3) is 0 Å². The molecule has 0 saturated carbocycles. The molecule has 1 aromatic rings. The van der Waals surface area contributed by atoms with E-state index in [2.05, 4.69) is 0 Å². The Morgan fingerprint density at radius 3 is 2.22 bits per heavy atom. The first-order chi connectivity index (χ1) is 16.8. The fourth-order valence-electron chi connectivity index (χ4n) is 5.61. The summed E-state index contributed by atoms with van der Waals surface area (Å²) >= 11 is 0. The molecule has 4 rings (SSSR count). The summed E-state index contributed by atoms with van der Waals surface area (Å²) in [6.07, 6.45) is 0.0844. The summed E-state index contributed by atoms with van der Waals surface area (Å²) in [7, 11) is 3.60. The second-order valence-electron chi connectivity index (χ2n) is 9.60. The van der Waals surface area contributed by atoms with Crippen molar-refractivity contribution in [2.45, 2.75) is 45.6 Å². The summed E-state index contributed by atoms with van der Waals surface area (Å²) in [4.78, 5) is 64.5. The fraction of sp³-hybridized carbons (Fsp3) is 0.423. The number of aliphatic hydroxyl groups excluding tert-OH is 1. The summed E-state index contributed by atoms with van der Waals surface area (Å²) < 4.78 is 10.7. The van der Waals surface area contributed by atoms with Crippen molar-refractivity contribution >= 4 is 35.0 Å². The zero-order valence-corrected chi connectivity index (χ0v) is 20.6. The molecule has 3 atom stereocenters. The van der Waals surface area contributed by atoms with E-state index in [9.17, 15) is 34.2 Å². The van der Waals surface area contributed by atoms with Crippen molar-refractivity contribution in [1.82, 2.24) is 0 Å². The lowest BCUT2D eigenvalue weighted by Crippen LogP contribution is -2.54. The van der Waals surface area contributed by atoms with Gasteiger partial charge in [-0.1, -0.05) is 0 Å². The molecule has 0 spiro atoms. The molecular weight excluding hydrogens is 470 g/mol. The Bertz CT molecular complexity index is 1300. The van der Waals surface area contributed by atoms with Crippen LogP contribution in [0.1, 0.15) is 49.5 Å². The van der Waals surface area contributed by atoms with Crippen molar-refractivity contribution in [3.05, 3.63) is 45.9 Å². The zero-order chi connectivity index (χ0) is 26.7. The second kappa shape index (κ2) is 8.70. The summed E-state index contributed by atoms with van der Waals surface area (Å²) in [6.45, 7) is 3.35. The minimum Gasteiger partial charge on any atom is -0.508 e. The van der Waals surface area contributed by atoms with Crippen molar-refractivity contribution < 1.29 is 43.7 Å². The highest BCUT2D eigenvalue weighted by Crippen LogP contribution is 2.54. The monoisotopic (exact) mass is 497 g/mol. The highest BCUT2D eigenvalue weighted by Gasteiger charge is 2.59. The number of hydrogen-bond acceptors (Lipinski definition) is 10. The maximum Gasteiger partial charge on any atom is 0.308 e. The van der Waals surface area contributed by atoms with Crippen molar-refractivity contribution in [3.8, 4) is 5.75 Å². The van der Waals surface area contributed by atoms with Crippen LogP contribution in [0, 0.1) is 11.8 Å². The fourth-order valence-corrected chi connectivity index (χ4v) is 5.61. The number of benzene rings is 1. The Kier molecular flexibility index (Phi) is 6.12. The van der Waals surface area contributed by atoms with E-state index in [4.69, 9.17) is 9.47 Å². The van der Waals surface area contributed by atoms with E-state index in [1.165, 1.54) is 13.0 Å². The predicted molar refractivity (Wildman–Crippen MR) is 125 cm³/mol. The van der Waals surface area contributed by atoms with Crippen molar-refractivity contribution in [2.75, 3.05) is 19.0 Å². The number of anilines is 1. The van der Waals surface area contributed by atoms with Gasteiger partial charge in [0.25, 0.3) is 0 Å². The Balaban J connectivity index is 2.04. The Morgan fingerprint density at radius 2 is 1.67 bits per heavy atom. The van der Waals surface area contributed by atoms with Crippen LogP contribution in [0.5, 0.6) is 5.75 Å². The predicted octanol–water partition coefficient (Wildman–Crippen LogP) is 1.97. The number of aliphatic hydroxyl groups is 2. The highest BCUT2D eigenvalue weighted by molar-refractivity contribution is 6.21. The molecule has 190 valence electrons. The molecular formula is C26H27NO9. The maximum absolute atomic E-state index is 14.0. The van der Waals surface area contributed by atoms with E-state index in [0.717, 1.165) is 13.8 Å². The number of hydrogen-bond donors (Lipinski definition) is 2. The molecule has 3 aliphatic carbocycles. The van der Waals surface area contributed by atoms with Gasteiger partial charge in [-0.2, -0.15) is 0 Å². The van der Waals surface area contributed by atoms with Crippen molar-refractivity contribution in [1.29, 1.82) is 0 Å². The molecule has 0 aromatic heterocycles. The topological polar surface area (TPSA) is 148 Å². The molecule has 0 saturated heterocycles. The molecule has 0 fully saturated rings. The number of ketones is 3. The van der Waals surface area contributed by atoms with Gasteiger partial charge in [-0.25, -0.2) is 0 Å². The van der Waals surface area contributed by atoms with Gasteiger partial charge in [-0.3, -0.25) is 24.0 Å². The number of fused-ring (bicyclic) bond motifs is 3. The number of nitrogens with zero attached hydrogens (tertiary/aromatic N) is 1. The molecule has 3 aliphatic rings. The molecule has 10 heteroatoms. The van der Waals surface area contributed by atoms with E-state index in [1.54, 1.807) is 20.2 Å². The molecule has 10 nitrogen and oxygen atoms in total. The van der Waals surface area contributed by atoms with Crippen molar-refractivity contribution in [2.24, 2.45) is 11.8 Å². The minimum absolute atomic E-state index is 0.0124. The number of Topliss-reactive ketones (excluding diaryl/α,β-unsaturated/α-hetero) is 3. The Morgan fingerprint density at radius 1 is 1.03 bits per heavy atom. The van der Waals surface area contributed by atoms with Gasteiger partial charge in [0.05, 0.1) is 5.56 Å². The highest BCUT2D eigenvalue weighted by atomic mass is 16.6. The number of allylic oxidation sites excluding steroid dienone is 2. The van der Waals surface area contributed by atoms with E-state index in [0.29, 0.717) is 11.3 Å². The normalized spacial score (nSPS) is 25.1. The molecule has 0 amide bonds. The summed E-state index contributed by atoms with van der Waals surface area (Å²) in [5.74, 6) is -6.46. The van der Waals surface area contributed by atoms with Crippen LogP contribution in [0.2, 0.25) is 0 Å². The average molecular weight is 498 g/mol. The third kappa shape index (κ3) is 3.72. The summed E-state index contributed by atoms with van der Waals surface area (Å²) in [5, 5.41) is 22.8. The first kappa shape index (κ1) is 25.3. The largest absolute Gasteiger partial charge is 0.508 e. The lowest BCUT2D eigenvalue weighted by Gasteiger charge is -2.47. The molecule has 36 heavy (non-hydrogen) atoms. The molecule has 0 heterocycles. The zero-order valence-electron chi connectivity index (χ0n) is 20.6. The van der Waals surface area contributed by atoms with Crippen LogP contribution < -0.4 is 9.64 Å². The van der Waals surface area contributed by atoms with E-state index in [-0.39, 0.29) is 36.1 Å². The molecule has 2 N–H and O–H groups in total. The van der Waals surface area contributed by atoms with Gasteiger partial charge >= 0.3 is 11.9 Å². The van der Waals surface area contributed by atoms with Crippen LogP contribution in [-0.4, -0.2) is 59.2 Å². The maximum atomic E-state index is 14.0. The molecule has 0 radical (unpaired) electrons. The first-order valence-electron chi connectivity index (χ1n) is 11.5. The standard InChI is InChI=1S/C26H27NO9/c1-11(28)20-18(31)10-15-8-14-9-16-17(27(4)5)6-7-19(35-12(2)29)22(16)23(32)21(14)25(36-13(3)30)26(15,34)24(20)33/h6-7,14-15,33-34H,8-10H2,1-5H3/t14-,15+,26-/m1/s1. The molecule has 0 unspecified atom stereocenters. The van der Waals surface area contributed by atoms with Gasteiger partial charge in [0, 0.05) is 51.5 Å². The average Bonchev–Trinajstić information content (AvgIpc) is 2.74. The van der Waals surface area contributed by atoms with Crippen LogP contribution in [0.3, 0.4) is 0 Å². The van der Waals surface area contributed by atoms with Gasteiger partial charge in [0.15, 0.2) is 28.7 Å². The Hall–Kier alpha value is -3.79. The smallest absolute Gasteiger partial charge is 0.308 e. The number of carbonyl (C=O) groups is 5. The number of esters is 2. The number of ether oxygens (including phenoxy) is 2. The van der Waals surface area contributed by atoms with Crippen LogP contribution >= 0.6 is 0 Å². The van der Waals surface area contributed by atoms with Gasteiger partial charge in [-0.15, -0.1) is 0 Å². The van der Waals surface area contributed by atoms with Crippen molar-refractivity contribution in [3.63, 3.8) is 0 Å². The molecule has 0 aliphatic heterocycles. The second-order valence-corrected chi connectivity index (χ2v) is 9.60. The molecule has 1 aromatic carbocycles. The van der Waals surface area contributed by atoms with Gasteiger partial charge in [0.1, 0.15) is 17.1 Å². The van der Waals surface area contributed by atoms with Crippen LogP contribution in [0.15, 0.2) is 34.8 Å². The van der Waals surface area contributed by atoms with Gasteiger partial charge < -0.3 is 24.6 Å². The first-order valence-corrected chi connectivity index (χ1v) is 11.5. The van der Waals surface area contributed by atoms with Crippen LogP contribution in [0.4, 0.5) is 5.69 Å². The van der Waals surface area contributed by atoms with Crippen LogP contribution in [-0.2, 0) is 30.3 Å². The molecule has 0 bridgehead atoms. The van der Waals surface area contributed by atoms with E-state index in [1.807, 2.05) is 4.90 Å². The number of carbonyl (C=O) groups excluding carboxylic acids is 5. The Labute approximate surface area is 207 Å². The summed E-state index contributed by atoms with van der Waals surface area (Å²) in [5.41, 5.74) is -1.68. The minimum atomic E-state index is -2.43. The van der Waals surface area contributed by atoms with Gasteiger partial charge in [-0.05, 0) is 43.4 Å². The van der Waals surface area contributed by atoms with E-state index < -0.39 is 63.8 Å². The third-order valence-electron chi connectivity index (χ3n) is 6.97. The quantitative estimate of drug-likeness (QED) is 0.359.